The molecule has 0 saturated heterocycles. The summed E-state index contributed by atoms with van der Waals surface area (Å²) in [6.07, 6.45) is 3.99. The van der Waals surface area contributed by atoms with Crippen molar-refractivity contribution in [3.05, 3.63) is 64.4 Å². The number of aromatic amines is 1. The van der Waals surface area contributed by atoms with Crippen LogP contribution in [-0.4, -0.2) is 32.2 Å². The predicted molar refractivity (Wildman–Crippen MR) is 87.4 cm³/mol. The topological polar surface area (TPSA) is 139 Å². The molecular weight excluding hydrogens is 348 g/mol. The summed E-state index contributed by atoms with van der Waals surface area (Å²) in [6, 6.07) is 7.62. The number of nitrogens with one attached hydrogen (secondary N) is 2. The highest BCUT2D eigenvalue weighted by Crippen LogP contribution is 2.33. The number of H-pyrrole nitrogens is 1. The molecule has 0 aliphatic heterocycles. The van der Waals surface area contributed by atoms with E-state index in [-0.39, 0.29) is 11.4 Å². The molecular formula is C14H10N6O4S. The molecule has 3 aromatic rings. The summed E-state index contributed by atoms with van der Waals surface area (Å²) in [7, 11) is 0. The lowest BCUT2D eigenvalue weighted by atomic mass is 10.2. The van der Waals surface area contributed by atoms with Crippen molar-refractivity contribution >= 4 is 29.6 Å². The molecule has 0 fully saturated rings. The molecule has 1 amide bonds. The summed E-state index contributed by atoms with van der Waals surface area (Å²) in [4.78, 5) is 26.7. The van der Waals surface area contributed by atoms with Crippen molar-refractivity contribution in [2.45, 2.75) is 10.1 Å². The number of carbonyl (C=O) groups excluding carboxylic acids is 1. The first-order valence-electron chi connectivity index (χ1n) is 6.82. The zero-order valence-electron chi connectivity index (χ0n) is 12.4. The van der Waals surface area contributed by atoms with Crippen molar-refractivity contribution < 1.29 is 14.1 Å². The van der Waals surface area contributed by atoms with Crippen LogP contribution in [0.25, 0.3) is 0 Å². The maximum Gasteiger partial charge on any atom is 0.307 e. The van der Waals surface area contributed by atoms with Gasteiger partial charge in [-0.1, -0.05) is 6.07 Å². The van der Waals surface area contributed by atoms with E-state index < -0.39 is 10.8 Å². The Hall–Kier alpha value is -3.47. The second-order valence-corrected chi connectivity index (χ2v) is 5.58. The van der Waals surface area contributed by atoms with Crippen molar-refractivity contribution in [3.63, 3.8) is 0 Å². The normalized spacial score (nSPS) is 10.9. The molecule has 25 heavy (non-hydrogen) atoms. The molecule has 0 aliphatic carbocycles. The highest BCUT2D eigenvalue weighted by Gasteiger charge is 2.16. The molecule has 1 aromatic carbocycles. The van der Waals surface area contributed by atoms with Crippen LogP contribution in [-0.2, 0) is 0 Å². The van der Waals surface area contributed by atoms with E-state index in [0.717, 1.165) is 11.8 Å². The molecule has 0 aliphatic rings. The van der Waals surface area contributed by atoms with Crippen LogP contribution in [0.5, 0.6) is 0 Å². The first-order valence-corrected chi connectivity index (χ1v) is 7.63. The summed E-state index contributed by atoms with van der Waals surface area (Å²) in [5.41, 5.74) is 2.62. The third-order valence-corrected chi connectivity index (χ3v) is 3.86. The van der Waals surface area contributed by atoms with E-state index in [1.54, 1.807) is 18.2 Å². The number of benzene rings is 1. The van der Waals surface area contributed by atoms with Gasteiger partial charge in [0.2, 0.25) is 0 Å². The fourth-order valence-corrected chi connectivity index (χ4v) is 2.60. The minimum atomic E-state index is -0.520. The van der Waals surface area contributed by atoms with Gasteiger partial charge in [-0.3, -0.25) is 20.0 Å². The van der Waals surface area contributed by atoms with Gasteiger partial charge in [0.15, 0.2) is 10.9 Å². The summed E-state index contributed by atoms with van der Waals surface area (Å²) in [5.74, 6) is -0.407. The monoisotopic (exact) mass is 358 g/mol. The van der Waals surface area contributed by atoms with Crippen LogP contribution in [0.4, 0.5) is 5.69 Å². The largest absolute Gasteiger partial charge is 0.459 e. The van der Waals surface area contributed by atoms with Gasteiger partial charge in [0.05, 0.1) is 22.3 Å². The number of nitro groups is 1. The van der Waals surface area contributed by atoms with Gasteiger partial charge in [-0.25, -0.2) is 10.4 Å². The number of nitrogens with zero attached hydrogens (tertiary/aromatic N) is 4. The molecule has 2 heterocycles. The van der Waals surface area contributed by atoms with Crippen LogP contribution < -0.4 is 5.43 Å². The zero-order chi connectivity index (χ0) is 17.6. The van der Waals surface area contributed by atoms with E-state index in [1.807, 2.05) is 0 Å². The third kappa shape index (κ3) is 4.09. The number of rotatable bonds is 6. The van der Waals surface area contributed by atoms with Crippen molar-refractivity contribution in [1.29, 1.82) is 0 Å². The van der Waals surface area contributed by atoms with Crippen molar-refractivity contribution in [3.8, 4) is 0 Å². The Balaban J connectivity index is 1.73. The van der Waals surface area contributed by atoms with Crippen LogP contribution in [0.15, 0.2) is 62.5 Å². The number of nitro benzene ring substituents is 1. The maximum atomic E-state index is 11.7. The molecule has 0 unspecified atom stereocenters. The standard InChI is InChI=1S/C14H10N6O4S/c21-13(11-2-1-5-24-11)18-16-7-9-3-4-12(10(6-9)20(22)23)25-14-15-8-17-19-14/h1-8H,(H,18,21)(H,15,17,19). The number of carbonyl (C=O) groups is 1. The van der Waals surface area contributed by atoms with Crippen LogP contribution >= 0.6 is 11.8 Å². The molecule has 0 atom stereocenters. The lowest BCUT2D eigenvalue weighted by Crippen LogP contribution is -2.16. The molecule has 0 radical (unpaired) electrons. The number of hydrazone groups is 1. The first-order chi connectivity index (χ1) is 12.1. The van der Waals surface area contributed by atoms with Gasteiger partial charge in [0.25, 0.3) is 5.69 Å². The summed E-state index contributed by atoms with van der Waals surface area (Å²) in [5, 5.41) is 21.8. The van der Waals surface area contributed by atoms with Gasteiger partial charge < -0.3 is 4.42 Å². The molecule has 126 valence electrons. The zero-order valence-corrected chi connectivity index (χ0v) is 13.3. The maximum absolute atomic E-state index is 11.7. The second-order valence-electron chi connectivity index (χ2n) is 4.55. The highest BCUT2D eigenvalue weighted by molar-refractivity contribution is 7.99. The van der Waals surface area contributed by atoms with Crippen molar-refractivity contribution in [1.82, 2.24) is 20.6 Å². The van der Waals surface area contributed by atoms with Crippen LogP contribution in [0.3, 0.4) is 0 Å². The molecule has 0 saturated carbocycles. The number of amides is 1. The first kappa shape index (κ1) is 16.4. The van der Waals surface area contributed by atoms with Crippen LogP contribution in [0.1, 0.15) is 16.1 Å². The predicted octanol–water partition coefficient (Wildman–Crippen LogP) is 2.22. The Morgan fingerprint density at radius 2 is 2.32 bits per heavy atom. The second kappa shape index (κ2) is 7.40. The van der Waals surface area contributed by atoms with Gasteiger partial charge in [0.1, 0.15) is 6.33 Å². The van der Waals surface area contributed by atoms with E-state index in [2.05, 4.69) is 25.7 Å². The highest BCUT2D eigenvalue weighted by atomic mass is 32.2. The smallest absolute Gasteiger partial charge is 0.307 e. The summed E-state index contributed by atoms with van der Waals surface area (Å²) in [6.45, 7) is 0. The van der Waals surface area contributed by atoms with Gasteiger partial charge >= 0.3 is 5.91 Å². The number of aromatic nitrogens is 3. The van der Waals surface area contributed by atoms with Gasteiger partial charge in [0, 0.05) is 11.6 Å². The SMILES string of the molecule is O=C(NN=Cc1ccc(Sc2ncn[nH]2)c([N+](=O)[O-])c1)c1ccco1. The van der Waals surface area contributed by atoms with Crippen molar-refractivity contribution in [2.24, 2.45) is 5.10 Å². The Morgan fingerprint density at radius 3 is 3.00 bits per heavy atom. The minimum Gasteiger partial charge on any atom is -0.459 e. The minimum absolute atomic E-state index is 0.109. The molecule has 0 bridgehead atoms. The van der Waals surface area contributed by atoms with Gasteiger partial charge in [-0.15, -0.1) is 0 Å². The molecule has 11 heteroatoms. The lowest BCUT2D eigenvalue weighted by Gasteiger charge is -2.02. The van der Waals surface area contributed by atoms with Crippen LogP contribution in [0, 0.1) is 10.1 Å². The Bertz CT molecular complexity index is 908. The number of furan rings is 1. The quantitative estimate of drug-likeness (QED) is 0.391. The van der Waals surface area contributed by atoms with E-state index in [1.165, 1.54) is 30.9 Å². The third-order valence-electron chi connectivity index (χ3n) is 2.90. The molecule has 0 spiro atoms. The fraction of sp³-hybridized carbons (Fsp3) is 0. The van der Waals surface area contributed by atoms with E-state index in [0.29, 0.717) is 15.6 Å². The number of hydrogen-bond acceptors (Lipinski definition) is 8. The van der Waals surface area contributed by atoms with Crippen molar-refractivity contribution in [2.75, 3.05) is 0 Å². The Kier molecular flexibility index (Phi) is 4.85. The molecule has 10 nitrogen and oxygen atoms in total. The molecule has 2 N–H and O–H groups in total. The average molecular weight is 358 g/mol. The molecule has 2 aromatic heterocycles. The lowest BCUT2D eigenvalue weighted by molar-refractivity contribution is -0.387. The Morgan fingerprint density at radius 1 is 1.44 bits per heavy atom. The molecule has 3 rings (SSSR count). The summed E-state index contributed by atoms with van der Waals surface area (Å²) >= 11 is 1.09. The van der Waals surface area contributed by atoms with Gasteiger partial charge in [-0.2, -0.15) is 10.2 Å². The van der Waals surface area contributed by atoms with Crippen LogP contribution in [0.2, 0.25) is 0 Å². The summed E-state index contributed by atoms with van der Waals surface area (Å²) < 4.78 is 4.92. The van der Waals surface area contributed by atoms with E-state index in [4.69, 9.17) is 4.42 Å². The average Bonchev–Trinajstić information content (AvgIpc) is 3.29. The van der Waals surface area contributed by atoms with Gasteiger partial charge in [-0.05, 0) is 30.0 Å². The van der Waals surface area contributed by atoms with E-state index >= 15 is 0 Å². The number of hydrogen-bond donors (Lipinski definition) is 2. The van der Waals surface area contributed by atoms with E-state index in [9.17, 15) is 14.9 Å². The Labute approximate surface area is 144 Å². The fourth-order valence-electron chi connectivity index (χ4n) is 1.82.